The molecule has 0 radical (unpaired) electrons. The van der Waals surface area contributed by atoms with E-state index in [0.29, 0.717) is 22.0 Å². The average Bonchev–Trinajstić information content (AvgIpc) is 3.19. The zero-order valence-electron chi connectivity index (χ0n) is 16.7. The number of thioether (sulfide) groups is 1. The number of rotatable bonds is 9. The lowest BCUT2D eigenvalue weighted by atomic mass is 10.1. The van der Waals surface area contributed by atoms with E-state index in [4.69, 9.17) is 26.0 Å². The Kier molecular flexibility index (Phi) is 7.97. The summed E-state index contributed by atoms with van der Waals surface area (Å²) in [6.07, 6.45) is 0.918. The molecule has 9 heteroatoms. The molecule has 1 atom stereocenters. The average molecular weight is 461 g/mol. The van der Waals surface area contributed by atoms with E-state index >= 15 is 0 Å². The minimum atomic E-state index is -0.814. The summed E-state index contributed by atoms with van der Waals surface area (Å²) in [5.74, 6) is 0.000891. The van der Waals surface area contributed by atoms with Crippen molar-refractivity contribution in [3.8, 4) is 11.3 Å². The number of aryl methyl sites for hydroxylation is 1. The van der Waals surface area contributed by atoms with Gasteiger partial charge in [-0.1, -0.05) is 59.2 Å². The van der Waals surface area contributed by atoms with Gasteiger partial charge in [-0.05, 0) is 30.7 Å². The molecule has 31 heavy (non-hydrogen) atoms. The van der Waals surface area contributed by atoms with Crippen LogP contribution in [0.5, 0.6) is 0 Å². The summed E-state index contributed by atoms with van der Waals surface area (Å²) in [5.41, 5.74) is 3.43. The third-order valence-corrected chi connectivity index (χ3v) is 5.71. The first kappa shape index (κ1) is 22.7. The van der Waals surface area contributed by atoms with E-state index < -0.39 is 18.2 Å². The molecule has 1 aromatic heterocycles. The van der Waals surface area contributed by atoms with Gasteiger partial charge in [0.1, 0.15) is 23.7 Å². The Morgan fingerprint density at radius 2 is 1.97 bits per heavy atom. The summed E-state index contributed by atoms with van der Waals surface area (Å²) in [4.78, 5) is 22.9. The molecule has 2 N–H and O–H groups in total. The fourth-order valence-electron chi connectivity index (χ4n) is 2.88. The molecule has 0 saturated carbocycles. The summed E-state index contributed by atoms with van der Waals surface area (Å²) >= 11 is 7.53. The highest BCUT2D eigenvalue weighted by Crippen LogP contribution is 2.29. The van der Waals surface area contributed by atoms with Gasteiger partial charge >= 0.3 is 12.1 Å². The Morgan fingerprint density at radius 1 is 1.23 bits per heavy atom. The third kappa shape index (κ3) is 6.50. The first-order chi connectivity index (χ1) is 14.9. The molecule has 0 fully saturated rings. The number of carbonyl (C=O) groups excluding carboxylic acids is 1. The molecule has 1 amide bonds. The Labute approximate surface area is 188 Å². The van der Waals surface area contributed by atoms with E-state index in [0.717, 1.165) is 23.3 Å². The van der Waals surface area contributed by atoms with Gasteiger partial charge in [-0.15, -0.1) is 11.8 Å². The molecule has 0 aliphatic carbocycles. The van der Waals surface area contributed by atoms with Crippen LogP contribution < -0.4 is 5.32 Å². The molecule has 1 heterocycles. The Balaban J connectivity index is 1.59. The number of ether oxygens (including phenoxy) is 1. The number of carboxylic acids is 1. The van der Waals surface area contributed by atoms with Crippen LogP contribution in [0.1, 0.15) is 24.2 Å². The van der Waals surface area contributed by atoms with E-state index in [9.17, 15) is 9.59 Å². The molecule has 0 aliphatic rings. The normalized spacial score (nSPS) is 11.7. The SMILES string of the molecule is C[C@@H](OC(=O)Nc1conc1-c1ccc(CCSCC(=O)O)cc1)c1ccccc1Cl. The van der Waals surface area contributed by atoms with E-state index in [1.54, 1.807) is 19.1 Å². The molecular formula is C22H21ClN2O5S. The maximum absolute atomic E-state index is 12.3. The van der Waals surface area contributed by atoms with Crippen LogP contribution in [0.3, 0.4) is 0 Å². The number of amides is 1. The van der Waals surface area contributed by atoms with Gasteiger partial charge in [0.05, 0.1) is 5.75 Å². The maximum atomic E-state index is 12.3. The molecule has 0 saturated heterocycles. The predicted molar refractivity (Wildman–Crippen MR) is 121 cm³/mol. The minimum absolute atomic E-state index is 0.0945. The summed E-state index contributed by atoms with van der Waals surface area (Å²) in [7, 11) is 0. The van der Waals surface area contributed by atoms with Crippen molar-refractivity contribution in [2.24, 2.45) is 0 Å². The van der Waals surface area contributed by atoms with Gasteiger partial charge in [-0.25, -0.2) is 4.79 Å². The lowest BCUT2D eigenvalue weighted by Gasteiger charge is -2.15. The quantitative estimate of drug-likeness (QED) is 0.397. The van der Waals surface area contributed by atoms with Crippen molar-refractivity contribution >= 4 is 41.1 Å². The molecular weight excluding hydrogens is 440 g/mol. The minimum Gasteiger partial charge on any atom is -0.481 e. The standard InChI is InChI=1S/C22H21ClN2O5S/c1-14(17-4-2-3-5-18(17)23)30-22(28)24-19-12-29-25-21(19)16-8-6-15(7-9-16)10-11-31-13-20(26)27/h2-9,12,14H,10-11,13H2,1H3,(H,24,28)(H,26,27)/t14-/m1/s1. The highest BCUT2D eigenvalue weighted by molar-refractivity contribution is 7.99. The number of aliphatic carboxylic acids is 1. The number of nitrogens with one attached hydrogen (secondary N) is 1. The number of hydrogen-bond donors (Lipinski definition) is 2. The molecule has 0 spiro atoms. The number of hydrogen-bond acceptors (Lipinski definition) is 6. The zero-order chi connectivity index (χ0) is 22.2. The van der Waals surface area contributed by atoms with E-state index in [-0.39, 0.29) is 5.75 Å². The van der Waals surface area contributed by atoms with Crippen molar-refractivity contribution < 1.29 is 24.0 Å². The highest BCUT2D eigenvalue weighted by Gasteiger charge is 2.18. The zero-order valence-corrected chi connectivity index (χ0v) is 18.3. The van der Waals surface area contributed by atoms with Crippen LogP contribution in [-0.4, -0.2) is 33.8 Å². The summed E-state index contributed by atoms with van der Waals surface area (Å²) in [5, 5.41) is 15.8. The third-order valence-electron chi connectivity index (χ3n) is 4.42. The molecule has 0 bridgehead atoms. The van der Waals surface area contributed by atoms with Crippen molar-refractivity contribution in [3.63, 3.8) is 0 Å². The number of nitrogens with zero attached hydrogens (tertiary/aromatic N) is 1. The Hall–Kier alpha value is -2.97. The van der Waals surface area contributed by atoms with Crippen LogP contribution in [0.2, 0.25) is 5.02 Å². The molecule has 3 aromatic rings. The van der Waals surface area contributed by atoms with E-state index in [1.165, 1.54) is 18.0 Å². The van der Waals surface area contributed by atoms with Crippen LogP contribution in [0.15, 0.2) is 59.3 Å². The lowest BCUT2D eigenvalue weighted by molar-refractivity contribution is -0.133. The second-order valence-corrected chi connectivity index (χ2v) is 8.18. The largest absolute Gasteiger partial charge is 0.481 e. The molecule has 162 valence electrons. The van der Waals surface area contributed by atoms with Gasteiger partial charge in [0.2, 0.25) is 0 Å². The number of aromatic nitrogens is 1. The number of carboxylic acid groups (broad SMARTS) is 1. The Bertz CT molecular complexity index is 1040. The predicted octanol–water partition coefficient (Wildman–Crippen LogP) is 5.67. The van der Waals surface area contributed by atoms with Crippen LogP contribution in [0.25, 0.3) is 11.3 Å². The molecule has 7 nitrogen and oxygen atoms in total. The lowest BCUT2D eigenvalue weighted by Crippen LogP contribution is -2.16. The number of halogens is 1. The van der Waals surface area contributed by atoms with Crippen LogP contribution in [0, 0.1) is 0 Å². The van der Waals surface area contributed by atoms with E-state index in [2.05, 4.69) is 10.5 Å². The van der Waals surface area contributed by atoms with Gasteiger partial charge in [0, 0.05) is 16.1 Å². The van der Waals surface area contributed by atoms with E-state index in [1.807, 2.05) is 36.4 Å². The second kappa shape index (κ2) is 10.9. The topological polar surface area (TPSA) is 102 Å². The van der Waals surface area contributed by atoms with Crippen LogP contribution >= 0.6 is 23.4 Å². The first-order valence-corrected chi connectivity index (χ1v) is 11.0. The van der Waals surface area contributed by atoms with Crippen molar-refractivity contribution in [3.05, 3.63) is 70.9 Å². The number of carbonyl (C=O) groups is 2. The van der Waals surface area contributed by atoms with Gasteiger partial charge in [0.25, 0.3) is 0 Å². The summed E-state index contributed by atoms with van der Waals surface area (Å²) in [6, 6.07) is 14.8. The smallest absolute Gasteiger partial charge is 0.412 e. The summed E-state index contributed by atoms with van der Waals surface area (Å²) < 4.78 is 10.5. The van der Waals surface area contributed by atoms with Gasteiger partial charge in [0.15, 0.2) is 0 Å². The fourth-order valence-corrected chi connectivity index (χ4v) is 3.87. The van der Waals surface area contributed by atoms with Gasteiger partial charge in [-0.3, -0.25) is 10.1 Å². The van der Waals surface area contributed by atoms with Crippen molar-refractivity contribution in [2.75, 3.05) is 16.8 Å². The second-order valence-electron chi connectivity index (χ2n) is 6.66. The number of anilines is 1. The summed E-state index contributed by atoms with van der Waals surface area (Å²) in [6.45, 7) is 1.74. The molecule has 0 unspecified atom stereocenters. The molecule has 2 aromatic carbocycles. The van der Waals surface area contributed by atoms with Gasteiger partial charge < -0.3 is 14.4 Å². The maximum Gasteiger partial charge on any atom is 0.412 e. The van der Waals surface area contributed by atoms with Gasteiger partial charge in [-0.2, -0.15) is 0 Å². The van der Waals surface area contributed by atoms with Crippen molar-refractivity contribution in [2.45, 2.75) is 19.4 Å². The first-order valence-electron chi connectivity index (χ1n) is 9.49. The van der Waals surface area contributed by atoms with Crippen molar-refractivity contribution in [1.82, 2.24) is 5.16 Å². The monoisotopic (exact) mass is 460 g/mol. The fraction of sp³-hybridized carbons (Fsp3) is 0.227. The molecule has 0 aliphatic heterocycles. The number of benzene rings is 2. The van der Waals surface area contributed by atoms with Crippen LogP contribution in [-0.2, 0) is 16.0 Å². The highest BCUT2D eigenvalue weighted by atomic mass is 35.5. The van der Waals surface area contributed by atoms with Crippen LogP contribution in [0.4, 0.5) is 10.5 Å². The Morgan fingerprint density at radius 3 is 2.68 bits per heavy atom. The molecule has 3 rings (SSSR count). The van der Waals surface area contributed by atoms with Crippen molar-refractivity contribution in [1.29, 1.82) is 0 Å².